The van der Waals surface area contributed by atoms with Crippen molar-refractivity contribution in [1.29, 1.82) is 0 Å². The molecule has 0 saturated heterocycles. The number of halogens is 20. The zero-order valence-electron chi connectivity index (χ0n) is 35.5. The molecule has 24 heteroatoms. The molecular formula is C49H19BF20N2O. The van der Waals surface area contributed by atoms with Gasteiger partial charge >= 0.3 is 5.88 Å². The van der Waals surface area contributed by atoms with Crippen LogP contribution in [0.4, 0.5) is 87.8 Å². The predicted molar refractivity (Wildman–Crippen MR) is 221 cm³/mol. The fourth-order valence-electron chi connectivity index (χ4n) is 8.43. The fraction of sp³-hybridized carbons (Fsp3) is 0.0204. The zero-order valence-corrected chi connectivity index (χ0v) is 35.5. The second-order valence-corrected chi connectivity index (χ2v) is 15.6. The van der Waals surface area contributed by atoms with Crippen LogP contribution >= 0.6 is 0 Å². The topological polar surface area (TPSA) is 26.0 Å². The Morgan fingerprint density at radius 2 is 0.671 bits per heavy atom. The predicted octanol–water partition coefficient (Wildman–Crippen LogP) is 11.4. The van der Waals surface area contributed by atoms with Crippen molar-refractivity contribution in [3.63, 3.8) is 0 Å². The van der Waals surface area contributed by atoms with E-state index in [1.165, 1.54) is 5.56 Å². The average Bonchev–Trinajstić information content (AvgIpc) is 3.39. The molecule has 0 aliphatic heterocycles. The van der Waals surface area contributed by atoms with Crippen LogP contribution in [0.25, 0.3) is 21.5 Å². The minimum atomic E-state index is -7.22. The first-order valence-corrected chi connectivity index (χ1v) is 20.3. The summed E-state index contributed by atoms with van der Waals surface area (Å²) in [6.07, 6.45) is -1.70. The van der Waals surface area contributed by atoms with Gasteiger partial charge in [0.05, 0.1) is 6.20 Å². The summed E-state index contributed by atoms with van der Waals surface area (Å²) in [5, 5.41) is 4.51. The number of rotatable bonds is 8. The first kappa shape index (κ1) is 51.2. The number of benzene rings is 8. The molecule has 3 nitrogen and oxygen atoms in total. The third kappa shape index (κ3) is 8.17. The van der Waals surface area contributed by atoms with Crippen LogP contribution in [0.3, 0.4) is 0 Å². The number of fused-ring (bicyclic) bond motifs is 2. The van der Waals surface area contributed by atoms with Gasteiger partial charge in [0.25, 0.3) is 0 Å². The molecule has 9 rings (SSSR count). The van der Waals surface area contributed by atoms with E-state index in [9.17, 15) is 52.7 Å². The Labute approximate surface area is 394 Å². The van der Waals surface area contributed by atoms with E-state index in [-0.39, 0.29) is 0 Å². The maximum absolute atomic E-state index is 15.4. The molecule has 8 aromatic carbocycles. The van der Waals surface area contributed by atoms with E-state index < -0.39 is 144 Å². The van der Waals surface area contributed by atoms with Crippen molar-refractivity contribution in [3.05, 3.63) is 225 Å². The Hall–Kier alpha value is -8.18. The Bertz CT molecular complexity index is 3280. The van der Waals surface area contributed by atoms with Crippen molar-refractivity contribution in [2.45, 2.75) is 6.54 Å². The quantitative estimate of drug-likeness (QED) is 0.0379. The van der Waals surface area contributed by atoms with Gasteiger partial charge in [0.2, 0.25) is 0 Å². The van der Waals surface area contributed by atoms with E-state index >= 15 is 35.1 Å². The van der Waals surface area contributed by atoms with Crippen molar-refractivity contribution in [2.24, 2.45) is 0 Å². The van der Waals surface area contributed by atoms with Crippen LogP contribution in [0, 0.1) is 116 Å². The van der Waals surface area contributed by atoms with Gasteiger partial charge in [0.1, 0.15) is 64.6 Å². The summed E-state index contributed by atoms with van der Waals surface area (Å²) in [7, 11) is 0. The molecule has 1 heterocycles. The van der Waals surface area contributed by atoms with Gasteiger partial charge in [-0.2, -0.15) is 4.57 Å². The minimum absolute atomic E-state index is 0.716. The molecular weight excluding hydrogens is 1020 g/mol. The highest BCUT2D eigenvalue weighted by molar-refractivity contribution is 7.20. The summed E-state index contributed by atoms with van der Waals surface area (Å²) in [5.74, 6) is -69.8. The Kier molecular flexibility index (Phi) is 13.6. The highest BCUT2D eigenvalue weighted by atomic mass is 19.2. The van der Waals surface area contributed by atoms with Crippen LogP contribution in [0.2, 0.25) is 0 Å². The van der Waals surface area contributed by atoms with Crippen molar-refractivity contribution >= 4 is 49.5 Å². The van der Waals surface area contributed by atoms with Crippen molar-refractivity contribution in [2.75, 3.05) is 0 Å². The number of hydrogen-bond donors (Lipinski definition) is 0. The molecule has 0 bridgehead atoms. The second kappa shape index (κ2) is 19.4. The Morgan fingerprint density at radius 3 is 1.01 bits per heavy atom. The SMILES string of the molecule is Fc1c(F)c(F)c([B-](c2c(F)c(F)c(F)c(F)c2F)(c2c(F)c(F)c(F)c(F)c2F)c2c(F)c(F)c(F)c(F)c2F)c(F)c1F.c1ccc(C[n+]2ccncc2Oc2c3ccccc3cc3ccccc23)cc1. The standard InChI is InChI=1S/C25H19N2O.C24BF20/c1-2-8-19(9-3-1)18-27-15-14-26-17-24(27)28-25-22-12-6-4-10-20(22)16-21-11-5-7-13-23(21)25;26-5-1(6(27)14(35)21(42)13(5)34)25(2-7(28)15(36)22(43)16(37)8(2)29,3-9(30)17(38)23(44)18(39)10(3)31)4-11(32)19(40)24(45)20(41)12(4)33/h1-17H,18H2;/q+1;-1. The molecule has 0 N–H and O–H groups in total. The van der Waals surface area contributed by atoms with Gasteiger partial charge in [0.15, 0.2) is 82.5 Å². The first-order chi connectivity index (χ1) is 34.6. The molecule has 0 fully saturated rings. The van der Waals surface area contributed by atoms with Crippen LogP contribution in [0.15, 0.2) is 104 Å². The molecule has 374 valence electrons. The van der Waals surface area contributed by atoms with Crippen LogP contribution in [-0.4, -0.2) is 11.1 Å². The van der Waals surface area contributed by atoms with Gasteiger partial charge in [-0.15, -0.1) is 21.9 Å². The number of nitrogens with zero attached hydrogens (tertiary/aromatic N) is 2. The maximum atomic E-state index is 15.4. The van der Waals surface area contributed by atoms with E-state index in [2.05, 4.69) is 76.3 Å². The molecule has 0 spiro atoms. The molecule has 73 heavy (non-hydrogen) atoms. The Balaban J connectivity index is 0.000000216. The van der Waals surface area contributed by atoms with Crippen molar-refractivity contribution in [1.82, 2.24) is 4.98 Å². The lowest BCUT2D eigenvalue weighted by molar-refractivity contribution is -0.692. The van der Waals surface area contributed by atoms with Crippen LogP contribution in [0.5, 0.6) is 11.6 Å². The second-order valence-electron chi connectivity index (χ2n) is 15.6. The molecule has 0 amide bonds. The van der Waals surface area contributed by atoms with Gasteiger partial charge in [-0.25, -0.2) is 92.8 Å². The van der Waals surface area contributed by atoms with E-state index in [0.717, 1.165) is 33.8 Å². The third-order valence-electron chi connectivity index (χ3n) is 11.6. The summed E-state index contributed by atoms with van der Waals surface area (Å²) in [6, 6.07) is 29.2. The Morgan fingerprint density at radius 1 is 0.370 bits per heavy atom. The molecule has 0 radical (unpaired) electrons. The third-order valence-corrected chi connectivity index (χ3v) is 11.6. The van der Waals surface area contributed by atoms with Crippen LogP contribution < -0.4 is 31.2 Å². The smallest absolute Gasteiger partial charge is 0.392 e. The lowest BCUT2D eigenvalue weighted by Gasteiger charge is -2.44. The molecule has 0 aliphatic carbocycles. The minimum Gasteiger partial charge on any atom is -0.403 e. The fourth-order valence-corrected chi connectivity index (χ4v) is 8.43. The molecule has 1 aromatic heterocycles. The lowest BCUT2D eigenvalue weighted by atomic mass is 9.12. The van der Waals surface area contributed by atoms with Gasteiger partial charge in [0, 0.05) is 16.3 Å². The zero-order chi connectivity index (χ0) is 53.1. The monoisotopic (exact) mass is 1040 g/mol. The normalized spacial score (nSPS) is 11.6. The summed E-state index contributed by atoms with van der Waals surface area (Å²) in [6.45, 7) is 0.724. The highest BCUT2D eigenvalue weighted by Gasteiger charge is 2.52. The van der Waals surface area contributed by atoms with E-state index in [0.29, 0.717) is 5.88 Å². The van der Waals surface area contributed by atoms with E-state index in [4.69, 9.17) is 4.74 Å². The van der Waals surface area contributed by atoms with Crippen molar-refractivity contribution < 1.29 is 97.1 Å². The van der Waals surface area contributed by atoms with Gasteiger partial charge in [-0.05, 0) is 16.8 Å². The largest absolute Gasteiger partial charge is 0.403 e. The number of aromatic nitrogens is 2. The molecule has 0 atom stereocenters. The number of hydrogen-bond acceptors (Lipinski definition) is 2. The summed E-state index contributed by atoms with van der Waals surface area (Å²) >= 11 is 0. The first-order valence-electron chi connectivity index (χ1n) is 20.3. The highest BCUT2D eigenvalue weighted by Crippen LogP contribution is 2.37. The molecule has 0 aliphatic rings. The van der Waals surface area contributed by atoms with Crippen LogP contribution in [0.1, 0.15) is 5.56 Å². The maximum Gasteiger partial charge on any atom is 0.392 e. The van der Waals surface area contributed by atoms with Gasteiger partial charge in [-0.1, -0.05) is 78.9 Å². The van der Waals surface area contributed by atoms with Gasteiger partial charge in [-0.3, -0.25) is 0 Å². The molecule has 9 aromatic rings. The van der Waals surface area contributed by atoms with Crippen LogP contribution in [-0.2, 0) is 6.54 Å². The average molecular weight is 1040 g/mol. The molecule has 0 saturated carbocycles. The molecule has 0 unspecified atom stereocenters. The van der Waals surface area contributed by atoms with Gasteiger partial charge < -0.3 is 4.74 Å². The number of ether oxygens (including phenoxy) is 1. The van der Waals surface area contributed by atoms with Crippen molar-refractivity contribution in [3.8, 4) is 11.6 Å². The summed E-state index contributed by atoms with van der Waals surface area (Å²) < 4.78 is 303. The van der Waals surface area contributed by atoms with E-state index in [1.807, 2.05) is 24.4 Å². The summed E-state index contributed by atoms with van der Waals surface area (Å²) in [5.41, 5.74) is -13.1. The summed E-state index contributed by atoms with van der Waals surface area (Å²) in [4.78, 5) is 4.30. The van der Waals surface area contributed by atoms with E-state index in [1.54, 1.807) is 12.4 Å². The lowest BCUT2D eigenvalue weighted by Crippen LogP contribution is -2.81.